The SMILES string of the molecule is C.CC.CC.CC.CC.CC.CCC.COC.COC.[CH3-].[CH3-].[Y].c1ccccc1.c1ccccc1.c1ccccc1.c1ccccc1. The minimum absolute atomic E-state index is 0. The van der Waals surface area contributed by atoms with Gasteiger partial charge in [-0.3, -0.25) is 0 Å². The Kier molecular flexibility index (Phi) is 222. The van der Waals surface area contributed by atoms with Crippen molar-refractivity contribution in [2.45, 2.75) is 96.9 Å². The molecule has 0 aliphatic heterocycles. The van der Waals surface area contributed by atoms with Crippen molar-refractivity contribution < 1.29 is 42.2 Å². The van der Waals surface area contributed by atoms with Gasteiger partial charge in [0.2, 0.25) is 0 Å². The summed E-state index contributed by atoms with van der Waals surface area (Å²) in [5.41, 5.74) is 0. The fraction of sp³-hybridized carbons (Fsp3) is 0.409. The second kappa shape index (κ2) is 130. The van der Waals surface area contributed by atoms with E-state index >= 15 is 0 Å². The van der Waals surface area contributed by atoms with E-state index in [9.17, 15) is 0 Å². The Balaban J connectivity index is -0.0000000291. The molecular formula is C44H84O2Y-2. The van der Waals surface area contributed by atoms with Crippen LogP contribution in [0.1, 0.15) is 96.9 Å². The molecule has 1 radical (unpaired) electrons. The van der Waals surface area contributed by atoms with Crippen molar-refractivity contribution in [3.8, 4) is 0 Å². The Bertz CT molecular complexity index is 473. The van der Waals surface area contributed by atoms with Crippen LogP contribution in [0, 0.1) is 14.9 Å². The van der Waals surface area contributed by atoms with Gasteiger partial charge < -0.3 is 24.3 Å². The molecule has 0 bridgehead atoms. The molecule has 4 aromatic rings. The number of hydrogen-bond acceptors (Lipinski definition) is 2. The van der Waals surface area contributed by atoms with Crippen molar-refractivity contribution in [3.63, 3.8) is 0 Å². The zero-order valence-electron chi connectivity index (χ0n) is 34.0. The Labute approximate surface area is 326 Å². The Morgan fingerprint density at radius 1 is 0.277 bits per heavy atom. The van der Waals surface area contributed by atoms with Gasteiger partial charge in [-0.2, -0.15) is 0 Å². The number of benzene rings is 4. The predicted octanol–water partition coefficient (Wildman–Crippen LogP) is 15.4. The topological polar surface area (TPSA) is 18.5 Å². The first-order valence-electron chi connectivity index (χ1n) is 16.0. The zero-order chi connectivity index (χ0) is 35.1. The second-order valence-corrected chi connectivity index (χ2v) is 6.14. The van der Waals surface area contributed by atoms with Gasteiger partial charge in [-0.15, -0.1) is 0 Å². The van der Waals surface area contributed by atoms with Gasteiger partial charge in [0.1, 0.15) is 0 Å². The minimum Gasteiger partial charge on any atom is -0.388 e. The molecule has 0 heterocycles. The van der Waals surface area contributed by atoms with Crippen molar-refractivity contribution in [1.29, 1.82) is 0 Å². The smallest absolute Gasteiger partial charge is 0.0351 e. The van der Waals surface area contributed by atoms with E-state index in [1.165, 1.54) is 6.42 Å². The Morgan fingerprint density at radius 2 is 0.298 bits per heavy atom. The van der Waals surface area contributed by atoms with Gasteiger partial charge in [0.05, 0.1) is 0 Å². The molecule has 47 heavy (non-hydrogen) atoms. The quantitative estimate of drug-likeness (QED) is 0.168. The van der Waals surface area contributed by atoms with E-state index in [4.69, 9.17) is 0 Å². The van der Waals surface area contributed by atoms with Crippen molar-refractivity contribution in [2.75, 3.05) is 28.4 Å². The second-order valence-electron chi connectivity index (χ2n) is 6.14. The number of ether oxygens (including phenoxy) is 2. The summed E-state index contributed by atoms with van der Waals surface area (Å²) in [6.07, 6.45) is 1.25. The fourth-order valence-electron chi connectivity index (χ4n) is 1.54. The van der Waals surface area contributed by atoms with Crippen LogP contribution in [0.5, 0.6) is 0 Å². The van der Waals surface area contributed by atoms with Crippen molar-refractivity contribution >= 4 is 0 Å². The van der Waals surface area contributed by atoms with E-state index in [0.717, 1.165) is 0 Å². The molecule has 0 spiro atoms. The van der Waals surface area contributed by atoms with Crippen LogP contribution in [-0.4, -0.2) is 28.4 Å². The molecule has 2 nitrogen and oxygen atoms in total. The third-order valence-electron chi connectivity index (χ3n) is 2.67. The molecule has 4 rings (SSSR count). The van der Waals surface area contributed by atoms with Gasteiger partial charge in [0.25, 0.3) is 0 Å². The summed E-state index contributed by atoms with van der Waals surface area (Å²) in [5, 5.41) is 0. The molecular weight excluding hydrogens is 649 g/mol. The van der Waals surface area contributed by atoms with E-state index in [1.807, 2.05) is 215 Å². The molecule has 0 fully saturated rings. The molecule has 0 amide bonds. The standard InChI is InChI=1S/4C6H6.C3H8.2C2H6O.5C2H6.CH4.2CH3.Y/c4*1-2-4-6-5-3-1;3*1-3-2;5*1-2;;;;/h4*1-6H;3H2,1-2H3;2*1-2H3;5*1-2H3;1H4;2*1H3;/q;;;;;;;;;;;;;2*-1;. The van der Waals surface area contributed by atoms with Gasteiger partial charge in [-0.1, -0.05) is 243 Å². The predicted molar refractivity (Wildman–Crippen MR) is 224 cm³/mol. The van der Waals surface area contributed by atoms with Gasteiger partial charge in [0, 0.05) is 61.1 Å². The van der Waals surface area contributed by atoms with Gasteiger partial charge in [-0.05, 0) is 0 Å². The largest absolute Gasteiger partial charge is 0.388 e. The van der Waals surface area contributed by atoms with E-state index in [2.05, 4.69) is 23.3 Å². The summed E-state index contributed by atoms with van der Waals surface area (Å²) in [4.78, 5) is 0. The summed E-state index contributed by atoms with van der Waals surface area (Å²) < 4.78 is 8.50. The summed E-state index contributed by atoms with van der Waals surface area (Å²) >= 11 is 0. The van der Waals surface area contributed by atoms with Gasteiger partial charge in [-0.25, -0.2) is 0 Å². The average Bonchev–Trinajstić information content (AvgIpc) is 3.14. The summed E-state index contributed by atoms with van der Waals surface area (Å²) in [6.45, 7) is 24.2. The Hall–Kier alpha value is -2.10. The average molecular weight is 734 g/mol. The third kappa shape index (κ3) is 161. The first kappa shape index (κ1) is 79.9. The van der Waals surface area contributed by atoms with Crippen LogP contribution in [0.3, 0.4) is 0 Å². The maximum Gasteiger partial charge on any atom is 0.0351 e. The summed E-state index contributed by atoms with van der Waals surface area (Å²) in [7, 11) is 6.50. The molecule has 0 saturated carbocycles. The third-order valence-corrected chi connectivity index (χ3v) is 2.67. The normalized spacial score (nSPS) is 5.87. The molecule has 4 aromatic carbocycles. The van der Waals surface area contributed by atoms with Crippen LogP contribution < -0.4 is 0 Å². The van der Waals surface area contributed by atoms with Crippen molar-refractivity contribution in [3.05, 3.63) is 160 Å². The zero-order valence-corrected chi connectivity index (χ0v) is 36.8. The monoisotopic (exact) mass is 734 g/mol. The Morgan fingerprint density at radius 3 is 0.319 bits per heavy atom. The van der Waals surface area contributed by atoms with Crippen molar-refractivity contribution in [2.24, 2.45) is 0 Å². The van der Waals surface area contributed by atoms with Crippen LogP contribution in [0.25, 0.3) is 0 Å². The van der Waals surface area contributed by atoms with Gasteiger partial charge >= 0.3 is 0 Å². The fourth-order valence-corrected chi connectivity index (χ4v) is 1.54. The first-order chi connectivity index (χ1) is 21.2. The molecule has 0 aliphatic carbocycles. The molecule has 0 unspecified atom stereocenters. The van der Waals surface area contributed by atoms with Crippen molar-refractivity contribution in [1.82, 2.24) is 0 Å². The van der Waals surface area contributed by atoms with Crippen LogP contribution in [0.15, 0.2) is 146 Å². The molecule has 277 valence electrons. The van der Waals surface area contributed by atoms with E-state index in [-0.39, 0.29) is 55.0 Å². The van der Waals surface area contributed by atoms with Crippen LogP contribution in [-0.2, 0) is 42.2 Å². The molecule has 0 atom stereocenters. The maximum absolute atomic E-state index is 4.25. The summed E-state index contributed by atoms with van der Waals surface area (Å²) in [5.74, 6) is 0. The molecule has 0 aromatic heterocycles. The van der Waals surface area contributed by atoms with Crippen LogP contribution in [0.4, 0.5) is 0 Å². The number of methoxy groups -OCH3 is 2. The van der Waals surface area contributed by atoms with E-state index in [1.54, 1.807) is 28.4 Å². The van der Waals surface area contributed by atoms with E-state index in [0.29, 0.717) is 0 Å². The number of hydrogen-bond donors (Lipinski definition) is 0. The molecule has 0 aliphatic rings. The maximum atomic E-state index is 4.25. The molecule has 0 N–H and O–H groups in total. The first-order valence-corrected chi connectivity index (χ1v) is 16.0. The minimum atomic E-state index is 0. The van der Waals surface area contributed by atoms with E-state index < -0.39 is 0 Å². The molecule has 3 heteroatoms. The van der Waals surface area contributed by atoms with Crippen LogP contribution >= 0.6 is 0 Å². The number of rotatable bonds is 0. The summed E-state index contributed by atoms with van der Waals surface area (Å²) in [6, 6.07) is 48.0. The molecule has 0 saturated heterocycles. The van der Waals surface area contributed by atoms with Crippen LogP contribution in [0.2, 0.25) is 0 Å². The van der Waals surface area contributed by atoms with Gasteiger partial charge in [0.15, 0.2) is 0 Å².